The maximum absolute atomic E-state index is 10.6. The standard InChI is InChI=1S/C11H13N3O3/c1-2-14-6-5-12-11(14)13-7-8-3-4-9(17-8)10(15)16/h3-6H,2,7H2,1H3,(H,12,13)(H,15,16). The molecule has 2 rings (SSSR count). The summed E-state index contributed by atoms with van der Waals surface area (Å²) >= 11 is 0. The molecule has 0 unspecified atom stereocenters. The molecule has 2 heterocycles. The smallest absolute Gasteiger partial charge is 0.371 e. The Balaban J connectivity index is 2.00. The van der Waals surface area contributed by atoms with Crippen LogP contribution in [-0.4, -0.2) is 20.6 Å². The first-order valence-electron chi connectivity index (χ1n) is 5.27. The van der Waals surface area contributed by atoms with E-state index < -0.39 is 5.97 Å². The van der Waals surface area contributed by atoms with Crippen molar-refractivity contribution in [3.8, 4) is 0 Å². The molecule has 0 bridgehead atoms. The van der Waals surface area contributed by atoms with Gasteiger partial charge in [-0.15, -0.1) is 0 Å². The van der Waals surface area contributed by atoms with Gasteiger partial charge >= 0.3 is 5.97 Å². The van der Waals surface area contributed by atoms with E-state index in [0.29, 0.717) is 12.3 Å². The second-order valence-electron chi connectivity index (χ2n) is 3.46. The summed E-state index contributed by atoms with van der Waals surface area (Å²) in [6.07, 6.45) is 3.57. The number of aromatic nitrogens is 2. The highest BCUT2D eigenvalue weighted by atomic mass is 16.4. The lowest BCUT2D eigenvalue weighted by Crippen LogP contribution is -2.05. The fourth-order valence-electron chi connectivity index (χ4n) is 1.49. The highest BCUT2D eigenvalue weighted by molar-refractivity contribution is 5.84. The molecule has 0 aliphatic rings. The number of hydrogen-bond donors (Lipinski definition) is 2. The average molecular weight is 235 g/mol. The van der Waals surface area contributed by atoms with Crippen molar-refractivity contribution < 1.29 is 14.3 Å². The minimum absolute atomic E-state index is 0.0550. The van der Waals surface area contributed by atoms with E-state index in [1.807, 2.05) is 17.7 Å². The quantitative estimate of drug-likeness (QED) is 0.826. The normalized spacial score (nSPS) is 10.4. The molecule has 2 N–H and O–H groups in total. The van der Waals surface area contributed by atoms with Crippen molar-refractivity contribution in [1.29, 1.82) is 0 Å². The van der Waals surface area contributed by atoms with Gasteiger partial charge in [-0.3, -0.25) is 0 Å². The van der Waals surface area contributed by atoms with Crippen molar-refractivity contribution in [2.24, 2.45) is 0 Å². The first-order chi connectivity index (χ1) is 8.20. The lowest BCUT2D eigenvalue weighted by Gasteiger charge is -2.05. The predicted octanol–water partition coefficient (Wildman–Crippen LogP) is 1.81. The van der Waals surface area contributed by atoms with E-state index in [9.17, 15) is 4.79 Å². The van der Waals surface area contributed by atoms with Crippen LogP contribution in [0, 0.1) is 0 Å². The van der Waals surface area contributed by atoms with Crippen LogP contribution in [0.4, 0.5) is 5.95 Å². The molecule has 90 valence electrons. The molecular formula is C11H13N3O3. The second-order valence-corrected chi connectivity index (χ2v) is 3.46. The van der Waals surface area contributed by atoms with E-state index in [-0.39, 0.29) is 5.76 Å². The molecular weight excluding hydrogens is 222 g/mol. The molecule has 0 amide bonds. The number of hydrogen-bond acceptors (Lipinski definition) is 4. The molecule has 0 saturated heterocycles. The molecule has 17 heavy (non-hydrogen) atoms. The summed E-state index contributed by atoms with van der Waals surface area (Å²) in [5.74, 6) is 0.181. The van der Waals surface area contributed by atoms with Crippen molar-refractivity contribution in [3.05, 3.63) is 36.0 Å². The molecule has 0 radical (unpaired) electrons. The third kappa shape index (κ3) is 2.47. The van der Waals surface area contributed by atoms with Gasteiger partial charge in [-0.1, -0.05) is 0 Å². The third-order valence-electron chi connectivity index (χ3n) is 2.35. The second kappa shape index (κ2) is 4.73. The number of nitrogens with one attached hydrogen (secondary N) is 1. The van der Waals surface area contributed by atoms with Crippen LogP contribution in [0.3, 0.4) is 0 Å². The van der Waals surface area contributed by atoms with Gasteiger partial charge in [-0.2, -0.15) is 0 Å². The molecule has 2 aromatic rings. The average Bonchev–Trinajstić information content (AvgIpc) is 2.95. The maximum atomic E-state index is 10.6. The Kier molecular flexibility index (Phi) is 3.13. The number of anilines is 1. The minimum Gasteiger partial charge on any atom is -0.475 e. The van der Waals surface area contributed by atoms with Gasteiger partial charge < -0.3 is 19.4 Å². The first kappa shape index (κ1) is 11.3. The summed E-state index contributed by atoms with van der Waals surface area (Å²) < 4.78 is 7.06. The topological polar surface area (TPSA) is 80.3 Å². The molecule has 0 saturated carbocycles. The number of aryl methyl sites for hydroxylation is 1. The Morgan fingerprint density at radius 3 is 3.06 bits per heavy atom. The summed E-state index contributed by atoms with van der Waals surface area (Å²) in [7, 11) is 0. The summed E-state index contributed by atoms with van der Waals surface area (Å²) in [5, 5.41) is 11.8. The van der Waals surface area contributed by atoms with Crippen LogP contribution >= 0.6 is 0 Å². The number of aromatic carboxylic acids is 1. The zero-order valence-electron chi connectivity index (χ0n) is 9.38. The Hall–Kier alpha value is -2.24. The minimum atomic E-state index is -1.06. The summed E-state index contributed by atoms with van der Waals surface area (Å²) in [4.78, 5) is 14.8. The first-order valence-corrected chi connectivity index (χ1v) is 5.27. The van der Waals surface area contributed by atoms with Crippen molar-refractivity contribution in [3.63, 3.8) is 0 Å². The number of furan rings is 1. The Bertz CT molecular complexity index is 516. The van der Waals surface area contributed by atoms with Crippen molar-refractivity contribution in [2.75, 3.05) is 5.32 Å². The van der Waals surface area contributed by atoms with Gasteiger partial charge in [-0.25, -0.2) is 9.78 Å². The lowest BCUT2D eigenvalue weighted by molar-refractivity contribution is 0.0660. The molecule has 0 aromatic carbocycles. The molecule has 2 aromatic heterocycles. The number of imidazole rings is 1. The number of carbonyl (C=O) groups is 1. The van der Waals surface area contributed by atoms with Crippen molar-refractivity contribution >= 4 is 11.9 Å². The summed E-state index contributed by atoms with van der Waals surface area (Å²) in [5.41, 5.74) is 0. The van der Waals surface area contributed by atoms with E-state index in [0.717, 1.165) is 12.5 Å². The Labute approximate surface area is 97.9 Å². The Morgan fingerprint density at radius 1 is 1.59 bits per heavy atom. The van der Waals surface area contributed by atoms with Crippen LogP contribution in [0.25, 0.3) is 0 Å². The zero-order valence-corrected chi connectivity index (χ0v) is 9.38. The predicted molar refractivity (Wildman–Crippen MR) is 60.9 cm³/mol. The van der Waals surface area contributed by atoms with E-state index >= 15 is 0 Å². The van der Waals surface area contributed by atoms with Crippen LogP contribution in [0.5, 0.6) is 0 Å². The van der Waals surface area contributed by atoms with Gasteiger partial charge in [0.1, 0.15) is 5.76 Å². The monoisotopic (exact) mass is 235 g/mol. The van der Waals surface area contributed by atoms with Crippen LogP contribution in [0.15, 0.2) is 28.9 Å². The Morgan fingerprint density at radius 2 is 2.41 bits per heavy atom. The van der Waals surface area contributed by atoms with Gasteiger partial charge in [0.25, 0.3) is 0 Å². The molecule has 0 fully saturated rings. The van der Waals surface area contributed by atoms with Gasteiger partial charge in [0.15, 0.2) is 0 Å². The molecule has 6 nitrogen and oxygen atoms in total. The van der Waals surface area contributed by atoms with Crippen molar-refractivity contribution in [1.82, 2.24) is 9.55 Å². The number of carboxylic acids is 1. The molecule has 0 spiro atoms. The van der Waals surface area contributed by atoms with Crippen LogP contribution < -0.4 is 5.32 Å². The summed E-state index contributed by atoms with van der Waals surface area (Å²) in [6.45, 7) is 3.24. The molecule has 6 heteroatoms. The fraction of sp³-hybridized carbons (Fsp3) is 0.273. The van der Waals surface area contributed by atoms with E-state index in [1.54, 1.807) is 12.3 Å². The van der Waals surface area contributed by atoms with E-state index in [1.165, 1.54) is 6.07 Å². The van der Waals surface area contributed by atoms with Gasteiger partial charge in [0, 0.05) is 18.9 Å². The molecule has 0 aliphatic heterocycles. The zero-order chi connectivity index (χ0) is 12.3. The van der Waals surface area contributed by atoms with Crippen LogP contribution in [0.1, 0.15) is 23.2 Å². The fourth-order valence-corrected chi connectivity index (χ4v) is 1.49. The van der Waals surface area contributed by atoms with Crippen LogP contribution in [0.2, 0.25) is 0 Å². The van der Waals surface area contributed by atoms with Gasteiger partial charge in [0.05, 0.1) is 6.54 Å². The summed E-state index contributed by atoms with van der Waals surface area (Å²) in [6, 6.07) is 3.07. The lowest BCUT2D eigenvalue weighted by atomic mass is 10.4. The van der Waals surface area contributed by atoms with Crippen LogP contribution in [-0.2, 0) is 13.1 Å². The van der Waals surface area contributed by atoms with E-state index in [2.05, 4.69) is 10.3 Å². The number of carboxylic acid groups (broad SMARTS) is 1. The molecule has 0 aliphatic carbocycles. The van der Waals surface area contributed by atoms with Gasteiger partial charge in [-0.05, 0) is 19.1 Å². The largest absolute Gasteiger partial charge is 0.475 e. The van der Waals surface area contributed by atoms with Crippen molar-refractivity contribution in [2.45, 2.75) is 20.0 Å². The van der Waals surface area contributed by atoms with E-state index in [4.69, 9.17) is 9.52 Å². The molecule has 0 atom stereocenters. The highest BCUT2D eigenvalue weighted by Gasteiger charge is 2.09. The maximum Gasteiger partial charge on any atom is 0.371 e. The number of nitrogens with zero attached hydrogens (tertiary/aromatic N) is 2. The van der Waals surface area contributed by atoms with Gasteiger partial charge in [0.2, 0.25) is 11.7 Å². The number of rotatable bonds is 5. The highest BCUT2D eigenvalue weighted by Crippen LogP contribution is 2.11. The third-order valence-corrected chi connectivity index (χ3v) is 2.35. The SMILES string of the molecule is CCn1ccnc1NCc1ccc(C(=O)O)o1.